The second kappa shape index (κ2) is 12.8. The monoisotopic (exact) mass is 311 g/mol. The molecular weight excluding hydrogens is 277 g/mol. The van der Waals surface area contributed by atoms with Gasteiger partial charge < -0.3 is 20.4 Å². The van der Waals surface area contributed by atoms with Crippen molar-refractivity contribution in [3.63, 3.8) is 0 Å². The van der Waals surface area contributed by atoms with E-state index in [0.717, 1.165) is 0 Å². The van der Waals surface area contributed by atoms with Gasteiger partial charge in [0.2, 0.25) is 0 Å². The van der Waals surface area contributed by atoms with Crippen LogP contribution in [-0.4, -0.2) is 20.2 Å². The zero-order chi connectivity index (χ0) is 16.1. The van der Waals surface area contributed by atoms with Crippen LogP contribution in [0.1, 0.15) is 85.0 Å². The SMILES string of the molecule is CCCCCC(N)(CCCC)CCCC.O=P(O)(O)O. The Morgan fingerprint density at radius 1 is 0.800 bits per heavy atom. The van der Waals surface area contributed by atoms with Crippen LogP contribution in [0.25, 0.3) is 0 Å². The molecule has 0 heterocycles. The van der Waals surface area contributed by atoms with Crippen LogP contribution >= 0.6 is 7.82 Å². The lowest BCUT2D eigenvalue weighted by Crippen LogP contribution is -2.39. The van der Waals surface area contributed by atoms with Gasteiger partial charge >= 0.3 is 7.82 Å². The van der Waals surface area contributed by atoms with Crippen LogP contribution in [0, 0.1) is 0 Å². The third-order valence-electron chi connectivity index (χ3n) is 3.33. The zero-order valence-corrected chi connectivity index (χ0v) is 14.2. The molecule has 0 aliphatic carbocycles. The Morgan fingerprint density at radius 3 is 1.40 bits per heavy atom. The van der Waals surface area contributed by atoms with E-state index in [0.29, 0.717) is 0 Å². The van der Waals surface area contributed by atoms with E-state index in [-0.39, 0.29) is 5.54 Å². The largest absolute Gasteiger partial charge is 0.466 e. The van der Waals surface area contributed by atoms with Gasteiger partial charge in [0.1, 0.15) is 0 Å². The van der Waals surface area contributed by atoms with Crippen LogP contribution < -0.4 is 5.73 Å². The molecule has 0 radical (unpaired) electrons. The van der Waals surface area contributed by atoms with Gasteiger partial charge in [0.25, 0.3) is 0 Å². The van der Waals surface area contributed by atoms with Crippen molar-refractivity contribution in [2.75, 3.05) is 0 Å². The lowest BCUT2D eigenvalue weighted by molar-refractivity contribution is 0.275. The first-order valence-electron chi connectivity index (χ1n) is 7.75. The topological polar surface area (TPSA) is 104 Å². The summed E-state index contributed by atoms with van der Waals surface area (Å²) >= 11 is 0. The van der Waals surface area contributed by atoms with Gasteiger partial charge in [-0.1, -0.05) is 65.7 Å². The number of hydrogen-bond acceptors (Lipinski definition) is 2. The van der Waals surface area contributed by atoms with E-state index in [1.54, 1.807) is 0 Å². The molecule has 5 N–H and O–H groups in total. The predicted octanol–water partition coefficient (Wildman–Crippen LogP) is 3.72. The van der Waals surface area contributed by atoms with Gasteiger partial charge in [-0.3, -0.25) is 0 Å². The second-order valence-corrected chi connectivity index (χ2v) is 6.57. The minimum absolute atomic E-state index is 0.154. The minimum atomic E-state index is -4.64. The Labute approximate surface area is 124 Å². The maximum atomic E-state index is 8.88. The van der Waals surface area contributed by atoms with Gasteiger partial charge in [-0.05, 0) is 19.3 Å². The van der Waals surface area contributed by atoms with Gasteiger partial charge in [0, 0.05) is 5.54 Å². The van der Waals surface area contributed by atoms with Gasteiger partial charge in [-0.25, -0.2) is 4.57 Å². The molecule has 0 saturated carbocycles. The lowest BCUT2D eigenvalue weighted by atomic mass is 9.83. The van der Waals surface area contributed by atoms with E-state index >= 15 is 0 Å². The summed E-state index contributed by atoms with van der Waals surface area (Å²) in [6, 6.07) is 0. The lowest BCUT2D eigenvalue weighted by Gasteiger charge is -2.29. The summed E-state index contributed by atoms with van der Waals surface area (Å²) in [7, 11) is -4.64. The maximum Gasteiger partial charge on any atom is 0.466 e. The van der Waals surface area contributed by atoms with Crippen LogP contribution in [0.4, 0.5) is 0 Å². The molecule has 5 nitrogen and oxygen atoms in total. The summed E-state index contributed by atoms with van der Waals surface area (Å²) in [5.41, 5.74) is 6.66. The minimum Gasteiger partial charge on any atom is -0.325 e. The molecule has 0 aliphatic rings. The summed E-state index contributed by atoms with van der Waals surface area (Å²) in [6.07, 6.45) is 12.8. The van der Waals surface area contributed by atoms with Gasteiger partial charge in [0.15, 0.2) is 0 Å². The normalized spacial score (nSPS) is 11.9. The number of rotatable bonds is 10. The highest BCUT2D eigenvalue weighted by atomic mass is 31.2. The smallest absolute Gasteiger partial charge is 0.325 e. The summed E-state index contributed by atoms with van der Waals surface area (Å²) in [4.78, 5) is 21.6. The Kier molecular flexibility index (Phi) is 14.3. The number of unbranched alkanes of at least 4 members (excludes halogenated alkanes) is 4. The fraction of sp³-hybridized carbons (Fsp3) is 1.00. The molecule has 0 bridgehead atoms. The van der Waals surface area contributed by atoms with Crippen molar-refractivity contribution in [3.8, 4) is 0 Å². The van der Waals surface area contributed by atoms with Gasteiger partial charge in [0.05, 0.1) is 0 Å². The highest BCUT2D eigenvalue weighted by molar-refractivity contribution is 7.45. The quantitative estimate of drug-likeness (QED) is 0.363. The standard InChI is InChI=1S/C14H31N.H3O4P/c1-4-7-10-13-14(15,11-8-5-2)12-9-6-3;1-5(2,3)4/h4-13,15H2,1-3H3;(H3,1,2,3,4). The van der Waals surface area contributed by atoms with Crippen molar-refractivity contribution in [1.29, 1.82) is 0 Å². The third kappa shape index (κ3) is 20.4. The van der Waals surface area contributed by atoms with Crippen LogP contribution in [0.2, 0.25) is 0 Å². The third-order valence-corrected chi connectivity index (χ3v) is 3.33. The van der Waals surface area contributed by atoms with Crippen LogP contribution in [-0.2, 0) is 4.57 Å². The van der Waals surface area contributed by atoms with Crippen molar-refractivity contribution in [1.82, 2.24) is 0 Å². The van der Waals surface area contributed by atoms with Crippen molar-refractivity contribution < 1.29 is 19.2 Å². The maximum absolute atomic E-state index is 8.88. The molecule has 124 valence electrons. The van der Waals surface area contributed by atoms with Crippen LogP contribution in [0.3, 0.4) is 0 Å². The first-order valence-corrected chi connectivity index (χ1v) is 9.32. The highest BCUT2D eigenvalue weighted by Crippen LogP contribution is 2.26. The number of nitrogens with two attached hydrogens (primary N) is 1. The van der Waals surface area contributed by atoms with Crippen molar-refractivity contribution >= 4 is 7.82 Å². The molecule has 20 heavy (non-hydrogen) atoms. The summed E-state index contributed by atoms with van der Waals surface area (Å²) in [6.45, 7) is 6.77. The second-order valence-electron chi connectivity index (χ2n) is 5.54. The Morgan fingerprint density at radius 2 is 1.10 bits per heavy atom. The molecule has 0 fully saturated rings. The fourth-order valence-electron chi connectivity index (χ4n) is 2.16. The molecule has 0 atom stereocenters. The molecule has 0 unspecified atom stereocenters. The molecule has 0 aliphatic heterocycles. The first-order chi connectivity index (χ1) is 9.18. The van der Waals surface area contributed by atoms with E-state index in [9.17, 15) is 0 Å². The van der Waals surface area contributed by atoms with E-state index in [2.05, 4.69) is 20.8 Å². The number of hydrogen-bond donors (Lipinski definition) is 4. The Balaban J connectivity index is 0. The molecule has 0 aromatic rings. The van der Waals surface area contributed by atoms with E-state index in [4.69, 9.17) is 25.0 Å². The molecule has 0 amide bonds. The Hall–Kier alpha value is 0.0700. The average Bonchev–Trinajstić information content (AvgIpc) is 2.32. The zero-order valence-electron chi connectivity index (χ0n) is 13.3. The average molecular weight is 311 g/mol. The van der Waals surface area contributed by atoms with Crippen molar-refractivity contribution in [2.24, 2.45) is 5.73 Å². The molecular formula is C14H34NO4P. The van der Waals surface area contributed by atoms with Crippen LogP contribution in [0.15, 0.2) is 0 Å². The summed E-state index contributed by atoms with van der Waals surface area (Å²) in [5.74, 6) is 0. The van der Waals surface area contributed by atoms with Crippen LogP contribution in [0.5, 0.6) is 0 Å². The van der Waals surface area contributed by atoms with Crippen molar-refractivity contribution in [2.45, 2.75) is 90.5 Å². The first kappa shape index (κ1) is 22.4. The molecule has 6 heteroatoms. The van der Waals surface area contributed by atoms with Crippen molar-refractivity contribution in [3.05, 3.63) is 0 Å². The van der Waals surface area contributed by atoms with Gasteiger partial charge in [-0.15, -0.1) is 0 Å². The fourth-order valence-corrected chi connectivity index (χ4v) is 2.16. The van der Waals surface area contributed by atoms with E-state index in [1.165, 1.54) is 64.2 Å². The molecule has 0 aromatic heterocycles. The van der Waals surface area contributed by atoms with E-state index in [1.807, 2.05) is 0 Å². The van der Waals surface area contributed by atoms with Gasteiger partial charge in [-0.2, -0.15) is 0 Å². The Bertz CT molecular complexity index is 239. The summed E-state index contributed by atoms with van der Waals surface area (Å²) in [5, 5.41) is 0. The summed E-state index contributed by atoms with van der Waals surface area (Å²) < 4.78 is 8.88. The molecule has 0 aromatic carbocycles. The van der Waals surface area contributed by atoms with E-state index < -0.39 is 7.82 Å². The molecule has 0 rings (SSSR count). The highest BCUT2D eigenvalue weighted by Gasteiger charge is 2.22. The number of phosphoric acid groups is 1. The molecule has 0 saturated heterocycles. The molecule has 0 spiro atoms. The predicted molar refractivity (Wildman–Crippen MR) is 84.4 cm³/mol.